The Bertz CT molecular complexity index is 884. The minimum atomic E-state index is -0.339. The van der Waals surface area contributed by atoms with Gasteiger partial charge in [-0.1, -0.05) is 27.1 Å². The summed E-state index contributed by atoms with van der Waals surface area (Å²) in [6.07, 6.45) is 0. The molecule has 0 saturated carbocycles. The molecule has 0 fully saturated rings. The average Bonchev–Trinajstić information content (AvgIpc) is 3.14. The van der Waals surface area contributed by atoms with Crippen LogP contribution in [-0.2, 0) is 0 Å². The molecule has 1 aromatic carbocycles. The van der Waals surface area contributed by atoms with Crippen molar-refractivity contribution in [3.63, 3.8) is 0 Å². The smallest absolute Gasteiger partial charge is 0.322 e. The molecule has 1 N–H and O–H groups in total. The van der Waals surface area contributed by atoms with Crippen LogP contribution in [0.25, 0.3) is 11.5 Å². The second-order valence-corrected chi connectivity index (χ2v) is 6.50. The predicted molar refractivity (Wildman–Crippen MR) is 92.7 cm³/mol. The van der Waals surface area contributed by atoms with Crippen LogP contribution in [-0.4, -0.2) is 25.9 Å². The molecule has 2 heterocycles. The Labute approximate surface area is 147 Å². The number of hydrogen-bond acceptors (Lipinski definition) is 5. The van der Waals surface area contributed by atoms with Crippen LogP contribution in [0.5, 0.6) is 0 Å². The highest BCUT2D eigenvalue weighted by atomic mass is 79.9. The average molecular weight is 390 g/mol. The van der Waals surface area contributed by atoms with Crippen molar-refractivity contribution in [2.24, 2.45) is 0 Å². The minimum absolute atomic E-state index is 0.0455. The van der Waals surface area contributed by atoms with Crippen LogP contribution in [0, 0.1) is 6.92 Å². The highest BCUT2D eigenvalue weighted by Gasteiger charge is 2.18. The summed E-state index contributed by atoms with van der Waals surface area (Å²) < 4.78 is 8.09. The van der Waals surface area contributed by atoms with E-state index < -0.39 is 0 Å². The zero-order valence-electron chi connectivity index (χ0n) is 13.4. The van der Waals surface area contributed by atoms with Crippen LogP contribution < -0.4 is 5.32 Å². The van der Waals surface area contributed by atoms with Gasteiger partial charge in [0.1, 0.15) is 5.69 Å². The Morgan fingerprint density at radius 3 is 2.79 bits per heavy atom. The predicted octanol–water partition coefficient (Wildman–Crippen LogP) is 3.84. The fourth-order valence-corrected chi connectivity index (χ4v) is 2.65. The lowest BCUT2D eigenvalue weighted by Crippen LogP contribution is -2.19. The molecule has 24 heavy (non-hydrogen) atoms. The molecule has 0 atom stereocenters. The fraction of sp³-hybridized carbons (Fsp3) is 0.250. The highest BCUT2D eigenvalue weighted by Crippen LogP contribution is 2.23. The van der Waals surface area contributed by atoms with Gasteiger partial charge >= 0.3 is 6.01 Å². The Kier molecular flexibility index (Phi) is 4.48. The molecule has 0 saturated heterocycles. The van der Waals surface area contributed by atoms with Crippen molar-refractivity contribution < 1.29 is 9.21 Å². The Balaban J connectivity index is 1.81. The van der Waals surface area contributed by atoms with Gasteiger partial charge < -0.3 is 4.42 Å². The number of nitrogens with zero attached hydrogens (tertiary/aromatic N) is 4. The first kappa shape index (κ1) is 16.4. The first-order valence-corrected chi connectivity index (χ1v) is 8.20. The zero-order valence-corrected chi connectivity index (χ0v) is 15.0. The number of hydrogen-bond donors (Lipinski definition) is 1. The SMILES string of the molecule is Cc1cc(C(=O)Nc2nnc(-c3cccc(Br)c3)o2)n(C(C)C)n1. The fourth-order valence-electron chi connectivity index (χ4n) is 2.25. The van der Waals surface area contributed by atoms with E-state index in [2.05, 4.69) is 36.5 Å². The van der Waals surface area contributed by atoms with E-state index in [1.165, 1.54) is 0 Å². The van der Waals surface area contributed by atoms with Gasteiger partial charge in [-0.05, 0) is 45.0 Å². The van der Waals surface area contributed by atoms with Gasteiger partial charge in [-0.2, -0.15) is 5.10 Å². The summed E-state index contributed by atoms with van der Waals surface area (Å²) in [5.41, 5.74) is 1.99. The van der Waals surface area contributed by atoms with E-state index in [1.54, 1.807) is 10.7 Å². The monoisotopic (exact) mass is 389 g/mol. The van der Waals surface area contributed by atoms with Gasteiger partial charge in [0.05, 0.1) is 5.69 Å². The number of halogens is 1. The molecular formula is C16H16BrN5O2. The van der Waals surface area contributed by atoms with Crippen molar-refractivity contribution in [2.75, 3.05) is 5.32 Å². The summed E-state index contributed by atoms with van der Waals surface area (Å²) in [5, 5.41) is 14.8. The largest absolute Gasteiger partial charge is 0.403 e. The maximum atomic E-state index is 12.4. The van der Waals surface area contributed by atoms with Crippen molar-refractivity contribution in [2.45, 2.75) is 26.8 Å². The lowest BCUT2D eigenvalue weighted by Gasteiger charge is -2.09. The molecule has 0 aliphatic rings. The Hall–Kier alpha value is -2.48. The van der Waals surface area contributed by atoms with Gasteiger partial charge in [0.15, 0.2) is 0 Å². The topological polar surface area (TPSA) is 85.8 Å². The van der Waals surface area contributed by atoms with Crippen LogP contribution in [0.4, 0.5) is 6.01 Å². The van der Waals surface area contributed by atoms with Crippen molar-refractivity contribution >= 4 is 27.9 Å². The number of nitrogens with one attached hydrogen (secondary N) is 1. The lowest BCUT2D eigenvalue weighted by atomic mass is 10.2. The lowest BCUT2D eigenvalue weighted by molar-refractivity contribution is 0.101. The summed E-state index contributed by atoms with van der Waals surface area (Å²) in [6.45, 7) is 5.76. The van der Waals surface area contributed by atoms with E-state index in [0.29, 0.717) is 11.6 Å². The standard InChI is InChI=1S/C16H16BrN5O2/c1-9(2)22-13(7-10(3)21-22)14(23)18-16-20-19-15(24-16)11-5-4-6-12(17)8-11/h4-9H,1-3H3,(H,18,20,23). The third-order valence-electron chi connectivity index (χ3n) is 3.30. The minimum Gasteiger partial charge on any atom is -0.403 e. The van der Waals surface area contributed by atoms with E-state index in [4.69, 9.17) is 4.42 Å². The summed E-state index contributed by atoms with van der Waals surface area (Å²) >= 11 is 3.39. The van der Waals surface area contributed by atoms with Crippen molar-refractivity contribution in [1.82, 2.24) is 20.0 Å². The van der Waals surface area contributed by atoms with Gasteiger partial charge in [0.2, 0.25) is 5.89 Å². The molecule has 2 aromatic heterocycles. The van der Waals surface area contributed by atoms with Crippen LogP contribution in [0.15, 0.2) is 39.2 Å². The third kappa shape index (κ3) is 3.38. The number of anilines is 1. The van der Waals surface area contributed by atoms with Crippen LogP contribution >= 0.6 is 15.9 Å². The first-order chi connectivity index (χ1) is 11.4. The molecule has 0 spiro atoms. The van der Waals surface area contributed by atoms with Crippen molar-refractivity contribution in [3.8, 4) is 11.5 Å². The summed E-state index contributed by atoms with van der Waals surface area (Å²) in [4.78, 5) is 12.4. The van der Waals surface area contributed by atoms with Crippen molar-refractivity contribution in [3.05, 3.63) is 46.2 Å². The van der Waals surface area contributed by atoms with Crippen LogP contribution in [0.1, 0.15) is 36.1 Å². The molecule has 8 heteroatoms. The normalized spacial score (nSPS) is 11.0. The van der Waals surface area contributed by atoms with Gasteiger partial charge in [-0.3, -0.25) is 14.8 Å². The van der Waals surface area contributed by atoms with E-state index >= 15 is 0 Å². The number of aryl methyl sites for hydroxylation is 1. The molecule has 124 valence electrons. The van der Waals surface area contributed by atoms with Crippen LogP contribution in [0.2, 0.25) is 0 Å². The molecule has 3 rings (SSSR count). The number of carbonyl (C=O) groups excluding carboxylic acids is 1. The summed E-state index contributed by atoms with van der Waals surface area (Å²) in [5.74, 6) is -0.00566. The molecule has 0 bridgehead atoms. The summed E-state index contributed by atoms with van der Waals surface area (Å²) in [7, 11) is 0. The molecule has 0 aliphatic heterocycles. The maximum Gasteiger partial charge on any atom is 0.322 e. The number of amides is 1. The number of rotatable bonds is 4. The first-order valence-electron chi connectivity index (χ1n) is 7.41. The molecule has 0 aliphatic carbocycles. The summed E-state index contributed by atoms with van der Waals surface area (Å²) in [6, 6.07) is 9.31. The highest BCUT2D eigenvalue weighted by molar-refractivity contribution is 9.10. The van der Waals surface area contributed by atoms with Crippen LogP contribution in [0.3, 0.4) is 0 Å². The van der Waals surface area contributed by atoms with E-state index in [1.807, 2.05) is 45.0 Å². The van der Waals surface area contributed by atoms with E-state index in [9.17, 15) is 4.79 Å². The Morgan fingerprint density at radius 1 is 1.29 bits per heavy atom. The Morgan fingerprint density at radius 2 is 2.08 bits per heavy atom. The maximum absolute atomic E-state index is 12.4. The molecule has 7 nitrogen and oxygen atoms in total. The zero-order chi connectivity index (χ0) is 17.3. The molecular weight excluding hydrogens is 374 g/mol. The molecule has 0 radical (unpaired) electrons. The molecule has 0 unspecified atom stereocenters. The van der Waals surface area contributed by atoms with E-state index in [0.717, 1.165) is 15.7 Å². The van der Waals surface area contributed by atoms with Crippen molar-refractivity contribution in [1.29, 1.82) is 0 Å². The number of benzene rings is 1. The second kappa shape index (κ2) is 6.56. The van der Waals surface area contributed by atoms with Gasteiger partial charge in [-0.25, -0.2) is 0 Å². The second-order valence-electron chi connectivity index (χ2n) is 5.59. The molecule has 3 aromatic rings. The number of aromatic nitrogens is 4. The van der Waals surface area contributed by atoms with Gasteiger partial charge in [-0.15, -0.1) is 5.10 Å². The van der Waals surface area contributed by atoms with Gasteiger partial charge in [0.25, 0.3) is 5.91 Å². The molecule has 1 amide bonds. The van der Waals surface area contributed by atoms with Gasteiger partial charge in [0, 0.05) is 16.1 Å². The quantitative estimate of drug-likeness (QED) is 0.732. The third-order valence-corrected chi connectivity index (χ3v) is 3.79. The number of carbonyl (C=O) groups is 1. The van der Waals surface area contributed by atoms with E-state index in [-0.39, 0.29) is 18.0 Å².